The average molecular weight is 265 g/mol. The third-order valence-electron chi connectivity index (χ3n) is 2.51. The molecule has 0 saturated heterocycles. The van der Waals surface area contributed by atoms with Gasteiger partial charge in [0.25, 0.3) is 5.91 Å². The molecule has 2 amide bonds. The normalized spacial score (nSPS) is 11.5. The first-order valence-corrected chi connectivity index (χ1v) is 6.09. The number of rotatable bonds is 6. The summed E-state index contributed by atoms with van der Waals surface area (Å²) in [6.07, 6.45) is 3.77. The van der Waals surface area contributed by atoms with Crippen molar-refractivity contribution in [1.29, 1.82) is 0 Å². The van der Waals surface area contributed by atoms with Crippen molar-refractivity contribution in [3.63, 3.8) is 0 Å². The number of carbonyl (C=O) groups is 2. The van der Waals surface area contributed by atoms with E-state index in [0.717, 1.165) is 6.42 Å². The zero-order valence-corrected chi connectivity index (χ0v) is 11.1. The standard InChI is InChI=1S/C12H19N5O2/c1-3-5-15-11(18)8(2)16-12(19)9-4-6-14-7-10(9)17-13/h4,6-8,17H,3,5,13H2,1-2H3,(H,15,18)(H,16,19). The largest absolute Gasteiger partial charge is 0.354 e. The topological polar surface area (TPSA) is 109 Å². The van der Waals surface area contributed by atoms with Gasteiger partial charge in [-0.1, -0.05) is 6.92 Å². The number of nitrogens with one attached hydrogen (secondary N) is 3. The van der Waals surface area contributed by atoms with Crippen LogP contribution >= 0.6 is 0 Å². The highest BCUT2D eigenvalue weighted by Crippen LogP contribution is 2.11. The predicted octanol–water partition coefficient (Wildman–Crippen LogP) is 0.0117. The summed E-state index contributed by atoms with van der Waals surface area (Å²) in [7, 11) is 0. The molecular formula is C12H19N5O2. The third kappa shape index (κ3) is 4.22. The van der Waals surface area contributed by atoms with E-state index >= 15 is 0 Å². The number of anilines is 1. The summed E-state index contributed by atoms with van der Waals surface area (Å²) in [5.41, 5.74) is 3.13. The fraction of sp³-hybridized carbons (Fsp3) is 0.417. The zero-order chi connectivity index (χ0) is 14.3. The molecule has 1 atom stereocenters. The Balaban J connectivity index is 2.66. The summed E-state index contributed by atoms with van der Waals surface area (Å²) in [6, 6.07) is 0.916. The molecule has 7 nitrogen and oxygen atoms in total. The molecular weight excluding hydrogens is 246 g/mol. The summed E-state index contributed by atoms with van der Waals surface area (Å²) >= 11 is 0. The van der Waals surface area contributed by atoms with E-state index in [1.54, 1.807) is 6.92 Å². The molecule has 0 aliphatic carbocycles. The maximum absolute atomic E-state index is 12.0. The minimum absolute atomic E-state index is 0.216. The number of carbonyl (C=O) groups excluding carboxylic acids is 2. The van der Waals surface area contributed by atoms with E-state index in [4.69, 9.17) is 5.84 Å². The maximum atomic E-state index is 12.0. The van der Waals surface area contributed by atoms with E-state index in [0.29, 0.717) is 17.8 Å². The van der Waals surface area contributed by atoms with Crippen molar-refractivity contribution in [3.8, 4) is 0 Å². The Bertz CT molecular complexity index is 450. The molecule has 1 heterocycles. The lowest BCUT2D eigenvalue weighted by Crippen LogP contribution is -2.45. The van der Waals surface area contributed by atoms with E-state index in [1.807, 2.05) is 6.92 Å². The average Bonchev–Trinajstić information content (AvgIpc) is 2.44. The molecule has 0 aliphatic heterocycles. The Morgan fingerprint density at radius 2 is 2.21 bits per heavy atom. The molecule has 104 valence electrons. The molecule has 0 spiro atoms. The molecule has 5 N–H and O–H groups in total. The van der Waals surface area contributed by atoms with Crippen LogP contribution in [0.1, 0.15) is 30.6 Å². The molecule has 0 saturated carbocycles. The second kappa shape index (κ2) is 7.32. The number of nitrogens with two attached hydrogens (primary N) is 1. The van der Waals surface area contributed by atoms with Crippen LogP contribution in [0.5, 0.6) is 0 Å². The van der Waals surface area contributed by atoms with Gasteiger partial charge in [0.1, 0.15) is 6.04 Å². The van der Waals surface area contributed by atoms with Gasteiger partial charge in [-0.05, 0) is 19.4 Å². The zero-order valence-electron chi connectivity index (χ0n) is 11.1. The second-order valence-corrected chi connectivity index (χ2v) is 4.05. The molecule has 19 heavy (non-hydrogen) atoms. The lowest BCUT2D eigenvalue weighted by atomic mass is 10.2. The summed E-state index contributed by atoms with van der Waals surface area (Å²) < 4.78 is 0. The minimum Gasteiger partial charge on any atom is -0.354 e. The van der Waals surface area contributed by atoms with Crippen molar-refractivity contribution in [2.45, 2.75) is 26.3 Å². The fourth-order valence-corrected chi connectivity index (χ4v) is 1.45. The molecule has 0 fully saturated rings. The Morgan fingerprint density at radius 1 is 1.47 bits per heavy atom. The van der Waals surface area contributed by atoms with Crippen LogP contribution in [0, 0.1) is 0 Å². The van der Waals surface area contributed by atoms with E-state index in [-0.39, 0.29) is 11.8 Å². The Hall–Kier alpha value is -2.15. The van der Waals surface area contributed by atoms with E-state index in [1.165, 1.54) is 18.5 Å². The van der Waals surface area contributed by atoms with E-state index in [9.17, 15) is 9.59 Å². The summed E-state index contributed by atoms with van der Waals surface area (Å²) in [5.74, 6) is 4.70. The maximum Gasteiger partial charge on any atom is 0.254 e. The SMILES string of the molecule is CCCNC(=O)C(C)NC(=O)c1ccncc1NN. The number of amides is 2. The van der Waals surface area contributed by atoms with Gasteiger partial charge < -0.3 is 16.1 Å². The highest BCUT2D eigenvalue weighted by Gasteiger charge is 2.17. The molecule has 0 aliphatic rings. The molecule has 1 rings (SSSR count). The van der Waals surface area contributed by atoms with E-state index in [2.05, 4.69) is 21.0 Å². The Labute approximate surface area is 111 Å². The fourth-order valence-electron chi connectivity index (χ4n) is 1.45. The first kappa shape index (κ1) is 14.9. The van der Waals surface area contributed by atoms with Gasteiger partial charge in [0.05, 0.1) is 17.4 Å². The van der Waals surface area contributed by atoms with Crippen LogP contribution in [-0.2, 0) is 4.79 Å². The molecule has 0 bridgehead atoms. The number of nitrogens with zero attached hydrogens (tertiary/aromatic N) is 1. The van der Waals surface area contributed by atoms with Crippen LogP contribution in [0.2, 0.25) is 0 Å². The van der Waals surface area contributed by atoms with Crippen molar-refractivity contribution >= 4 is 17.5 Å². The van der Waals surface area contributed by atoms with Crippen LogP contribution in [0.4, 0.5) is 5.69 Å². The second-order valence-electron chi connectivity index (χ2n) is 4.05. The van der Waals surface area contributed by atoms with Crippen molar-refractivity contribution in [3.05, 3.63) is 24.0 Å². The van der Waals surface area contributed by atoms with Crippen molar-refractivity contribution in [2.24, 2.45) is 5.84 Å². The quantitative estimate of drug-likeness (QED) is 0.428. The number of hydrazine groups is 1. The molecule has 7 heteroatoms. The number of aromatic nitrogens is 1. The smallest absolute Gasteiger partial charge is 0.254 e. The first-order valence-electron chi connectivity index (χ1n) is 6.09. The van der Waals surface area contributed by atoms with Gasteiger partial charge in [0.15, 0.2) is 0 Å². The minimum atomic E-state index is -0.613. The lowest BCUT2D eigenvalue weighted by molar-refractivity contribution is -0.122. The van der Waals surface area contributed by atoms with Crippen LogP contribution in [0.25, 0.3) is 0 Å². The Morgan fingerprint density at radius 3 is 2.84 bits per heavy atom. The van der Waals surface area contributed by atoms with Crippen LogP contribution in [-0.4, -0.2) is 29.4 Å². The van der Waals surface area contributed by atoms with Crippen molar-refractivity contribution in [2.75, 3.05) is 12.0 Å². The highest BCUT2D eigenvalue weighted by atomic mass is 16.2. The molecule has 1 unspecified atom stereocenters. The number of nitrogen functional groups attached to an aromatic ring is 1. The van der Waals surface area contributed by atoms with Gasteiger partial charge in [-0.15, -0.1) is 0 Å². The van der Waals surface area contributed by atoms with Gasteiger partial charge in [-0.3, -0.25) is 20.4 Å². The summed E-state index contributed by atoms with van der Waals surface area (Å²) in [6.45, 7) is 4.17. The molecule has 0 aromatic carbocycles. The number of hydrogen-bond acceptors (Lipinski definition) is 5. The lowest BCUT2D eigenvalue weighted by Gasteiger charge is -2.15. The summed E-state index contributed by atoms with van der Waals surface area (Å²) in [4.78, 5) is 27.5. The summed E-state index contributed by atoms with van der Waals surface area (Å²) in [5, 5.41) is 5.32. The van der Waals surface area contributed by atoms with Gasteiger partial charge in [0.2, 0.25) is 5.91 Å². The molecule has 0 radical (unpaired) electrons. The number of hydrogen-bond donors (Lipinski definition) is 4. The predicted molar refractivity (Wildman–Crippen MR) is 72.3 cm³/mol. The first-order chi connectivity index (χ1) is 9.10. The third-order valence-corrected chi connectivity index (χ3v) is 2.51. The van der Waals surface area contributed by atoms with Gasteiger partial charge in [-0.2, -0.15) is 0 Å². The van der Waals surface area contributed by atoms with E-state index < -0.39 is 6.04 Å². The number of pyridine rings is 1. The van der Waals surface area contributed by atoms with Gasteiger partial charge in [-0.25, -0.2) is 0 Å². The van der Waals surface area contributed by atoms with Crippen molar-refractivity contribution in [1.82, 2.24) is 15.6 Å². The van der Waals surface area contributed by atoms with Crippen LogP contribution in [0.15, 0.2) is 18.5 Å². The van der Waals surface area contributed by atoms with Gasteiger partial charge in [0, 0.05) is 12.7 Å². The van der Waals surface area contributed by atoms with Crippen molar-refractivity contribution < 1.29 is 9.59 Å². The monoisotopic (exact) mass is 265 g/mol. The van der Waals surface area contributed by atoms with Crippen LogP contribution < -0.4 is 21.9 Å². The Kier molecular flexibility index (Phi) is 5.74. The van der Waals surface area contributed by atoms with Crippen LogP contribution in [0.3, 0.4) is 0 Å². The highest BCUT2D eigenvalue weighted by molar-refractivity contribution is 6.01. The van der Waals surface area contributed by atoms with Gasteiger partial charge >= 0.3 is 0 Å². The molecule has 1 aromatic heterocycles. The molecule has 1 aromatic rings.